The minimum atomic E-state index is -0.587. The smallest absolute Gasteiger partial charge is 0.416 e. The number of carbonyl (C=O) groups excluding carboxylic acids is 1. The Hall–Kier alpha value is -1.61. The van der Waals surface area contributed by atoms with E-state index in [0.717, 1.165) is 5.56 Å². The van der Waals surface area contributed by atoms with Gasteiger partial charge in [-0.25, -0.2) is 4.79 Å². The average Bonchev–Trinajstić information content (AvgIpc) is 3.09. The van der Waals surface area contributed by atoms with Gasteiger partial charge in [-0.1, -0.05) is 49.0 Å². The van der Waals surface area contributed by atoms with Gasteiger partial charge in [-0.3, -0.25) is 9.89 Å². The summed E-state index contributed by atoms with van der Waals surface area (Å²) in [5, 5.41) is 10.3. The third kappa shape index (κ3) is 5.31. The van der Waals surface area contributed by atoms with E-state index in [9.17, 15) is 9.90 Å². The Balaban J connectivity index is 1.75. The van der Waals surface area contributed by atoms with Gasteiger partial charge in [-0.2, -0.15) is 0 Å². The van der Waals surface area contributed by atoms with E-state index in [1.165, 1.54) is 16.7 Å². The number of hydrogen-bond donors (Lipinski definition) is 1. The first-order chi connectivity index (χ1) is 13.7. The summed E-state index contributed by atoms with van der Waals surface area (Å²) in [4.78, 5) is 18.6. The number of thioether (sulfide) groups is 1. The van der Waals surface area contributed by atoms with Crippen LogP contribution in [0.3, 0.4) is 0 Å². The van der Waals surface area contributed by atoms with Crippen molar-refractivity contribution in [1.82, 2.24) is 4.90 Å². The molecule has 1 N–H and O–H groups in total. The van der Waals surface area contributed by atoms with Crippen LogP contribution in [0.5, 0.6) is 0 Å². The molecule has 0 bridgehead atoms. The van der Waals surface area contributed by atoms with Crippen LogP contribution in [0.4, 0.5) is 4.79 Å². The molecular weight excluding hydrogens is 392 g/mol. The summed E-state index contributed by atoms with van der Waals surface area (Å²) in [6.45, 7) is 7.84. The van der Waals surface area contributed by atoms with Gasteiger partial charge in [0.25, 0.3) is 0 Å². The van der Waals surface area contributed by atoms with Crippen LogP contribution in [0.25, 0.3) is 0 Å². The van der Waals surface area contributed by atoms with E-state index in [2.05, 4.69) is 0 Å². The molecule has 8 heteroatoms. The van der Waals surface area contributed by atoms with Crippen molar-refractivity contribution in [2.45, 2.75) is 63.6 Å². The Bertz CT molecular complexity index is 736. The lowest BCUT2D eigenvalue weighted by atomic mass is 9.90. The van der Waals surface area contributed by atoms with Crippen molar-refractivity contribution in [2.24, 2.45) is 10.9 Å². The van der Waals surface area contributed by atoms with Gasteiger partial charge in [-0.05, 0) is 26.3 Å². The molecule has 1 aromatic carbocycles. The predicted octanol–water partition coefficient (Wildman–Crippen LogP) is 3.26. The molecule has 1 fully saturated rings. The fourth-order valence-electron chi connectivity index (χ4n) is 3.35. The fourth-order valence-corrected chi connectivity index (χ4v) is 4.52. The van der Waals surface area contributed by atoms with Gasteiger partial charge in [-0.15, -0.1) is 0 Å². The summed E-state index contributed by atoms with van der Waals surface area (Å²) in [5.41, 5.74) is 0.170. The fraction of sp³-hybridized carbons (Fsp3) is 0.619. The number of fused-ring (bicyclic) bond motifs is 1. The molecule has 160 valence electrons. The molecule has 2 aliphatic heterocycles. The maximum atomic E-state index is 12.4. The molecule has 1 amide bonds. The summed E-state index contributed by atoms with van der Waals surface area (Å²) in [6.07, 6.45) is -1.04. The van der Waals surface area contributed by atoms with Crippen molar-refractivity contribution in [3.05, 3.63) is 35.9 Å². The molecule has 0 unspecified atom stereocenters. The Morgan fingerprint density at radius 3 is 2.62 bits per heavy atom. The normalized spacial score (nSPS) is 29.2. The van der Waals surface area contributed by atoms with Crippen molar-refractivity contribution < 1.29 is 24.1 Å². The number of hydrogen-bond acceptors (Lipinski definition) is 7. The highest BCUT2D eigenvalue weighted by Gasteiger charge is 2.49. The van der Waals surface area contributed by atoms with Gasteiger partial charge < -0.3 is 19.3 Å². The van der Waals surface area contributed by atoms with E-state index in [4.69, 9.17) is 19.2 Å². The van der Waals surface area contributed by atoms with Gasteiger partial charge >= 0.3 is 6.09 Å². The van der Waals surface area contributed by atoms with Crippen molar-refractivity contribution >= 4 is 23.0 Å². The topological polar surface area (TPSA) is 80.6 Å². The zero-order chi connectivity index (χ0) is 21.2. The standard InChI is InChI=1S/C21H30N2O5S/c1-13-15(11-24)27-18-16(17(13)26-12-14-9-7-6-8-10-14)22-19(29-18)23(5)20(25)28-21(2,3)4/h6-10,13,15-18,24H,11-12H2,1-5H3/t13-,15-,16-,17+,18-/m1/s1. The summed E-state index contributed by atoms with van der Waals surface area (Å²) in [7, 11) is 1.64. The minimum Gasteiger partial charge on any atom is -0.443 e. The highest BCUT2D eigenvalue weighted by molar-refractivity contribution is 8.14. The SMILES string of the molecule is C[C@H]1[C@H](OCc2ccccc2)[C@H]2N=C(N(C)C(=O)OC(C)(C)C)S[C@H]2O[C@@H]1CO. The maximum absolute atomic E-state index is 12.4. The number of amides is 1. The Morgan fingerprint density at radius 1 is 1.31 bits per heavy atom. The van der Waals surface area contributed by atoms with Gasteiger partial charge in [0.2, 0.25) is 0 Å². The molecule has 0 aliphatic carbocycles. The van der Waals surface area contributed by atoms with E-state index < -0.39 is 11.7 Å². The van der Waals surface area contributed by atoms with Crippen LogP contribution in [-0.2, 0) is 20.8 Å². The Labute approximate surface area is 176 Å². The first kappa shape index (κ1) is 22.1. The summed E-state index contributed by atoms with van der Waals surface area (Å²) in [5.74, 6) is -0.0412. The van der Waals surface area contributed by atoms with E-state index >= 15 is 0 Å². The second kappa shape index (κ2) is 9.04. The number of aliphatic hydroxyl groups excluding tert-OH is 1. The van der Waals surface area contributed by atoms with Crippen molar-refractivity contribution in [2.75, 3.05) is 13.7 Å². The molecular formula is C21H30N2O5S. The molecule has 7 nitrogen and oxygen atoms in total. The van der Waals surface area contributed by atoms with E-state index in [1.54, 1.807) is 7.05 Å². The van der Waals surface area contributed by atoms with E-state index in [1.807, 2.05) is 58.0 Å². The van der Waals surface area contributed by atoms with Crippen LogP contribution in [0.15, 0.2) is 35.3 Å². The quantitative estimate of drug-likeness (QED) is 0.802. The third-order valence-electron chi connectivity index (χ3n) is 4.93. The van der Waals surface area contributed by atoms with Gasteiger partial charge in [0.15, 0.2) is 5.17 Å². The monoisotopic (exact) mass is 422 g/mol. The Kier molecular flexibility index (Phi) is 6.88. The molecule has 1 aromatic rings. The van der Waals surface area contributed by atoms with Gasteiger partial charge in [0.05, 0.1) is 25.4 Å². The van der Waals surface area contributed by atoms with Crippen LogP contribution in [-0.4, -0.2) is 64.2 Å². The third-order valence-corrected chi connectivity index (χ3v) is 6.14. The number of benzene rings is 1. The van der Waals surface area contributed by atoms with Crippen LogP contribution >= 0.6 is 11.8 Å². The highest BCUT2D eigenvalue weighted by Crippen LogP contribution is 2.41. The number of aliphatic hydroxyl groups is 1. The van der Waals surface area contributed by atoms with E-state index in [0.29, 0.717) is 11.8 Å². The number of aliphatic imine (C=N–C) groups is 1. The lowest BCUT2D eigenvalue weighted by Gasteiger charge is -2.41. The largest absolute Gasteiger partial charge is 0.443 e. The second-order valence-corrected chi connectivity index (χ2v) is 9.47. The van der Waals surface area contributed by atoms with Crippen LogP contribution < -0.4 is 0 Å². The molecule has 29 heavy (non-hydrogen) atoms. The summed E-state index contributed by atoms with van der Waals surface area (Å²) < 4.78 is 17.7. The van der Waals surface area contributed by atoms with Crippen LogP contribution in [0, 0.1) is 5.92 Å². The summed E-state index contributed by atoms with van der Waals surface area (Å²) >= 11 is 1.37. The first-order valence-electron chi connectivity index (χ1n) is 9.82. The molecule has 0 radical (unpaired) electrons. The number of ether oxygens (including phenoxy) is 3. The zero-order valence-corrected chi connectivity index (χ0v) is 18.4. The lowest BCUT2D eigenvalue weighted by Crippen LogP contribution is -2.52. The van der Waals surface area contributed by atoms with Gasteiger partial charge in [0.1, 0.15) is 17.1 Å². The van der Waals surface area contributed by atoms with Crippen LogP contribution in [0.2, 0.25) is 0 Å². The van der Waals surface area contributed by atoms with Crippen molar-refractivity contribution in [1.29, 1.82) is 0 Å². The molecule has 0 aromatic heterocycles. The average molecular weight is 423 g/mol. The molecule has 0 spiro atoms. The van der Waals surface area contributed by atoms with Crippen molar-refractivity contribution in [3.8, 4) is 0 Å². The number of carbonyl (C=O) groups is 1. The van der Waals surface area contributed by atoms with Gasteiger partial charge in [0, 0.05) is 13.0 Å². The minimum absolute atomic E-state index is 0.0412. The van der Waals surface area contributed by atoms with Crippen molar-refractivity contribution in [3.63, 3.8) is 0 Å². The number of nitrogens with zero attached hydrogens (tertiary/aromatic N) is 2. The number of rotatable bonds is 4. The first-order valence-corrected chi connectivity index (χ1v) is 10.7. The van der Waals surface area contributed by atoms with Crippen LogP contribution in [0.1, 0.15) is 33.3 Å². The Morgan fingerprint density at radius 2 is 2.00 bits per heavy atom. The highest BCUT2D eigenvalue weighted by atomic mass is 32.2. The maximum Gasteiger partial charge on any atom is 0.416 e. The zero-order valence-electron chi connectivity index (χ0n) is 17.6. The lowest BCUT2D eigenvalue weighted by molar-refractivity contribution is -0.148. The van der Waals surface area contributed by atoms with E-state index in [-0.39, 0.29) is 36.2 Å². The molecule has 3 rings (SSSR count). The molecule has 2 aliphatic rings. The second-order valence-electron chi connectivity index (χ2n) is 8.41. The summed E-state index contributed by atoms with van der Waals surface area (Å²) in [6, 6.07) is 9.68. The predicted molar refractivity (Wildman–Crippen MR) is 113 cm³/mol. The number of amidine groups is 1. The molecule has 1 saturated heterocycles. The molecule has 5 atom stereocenters. The molecule has 0 saturated carbocycles. The molecule has 2 heterocycles.